The molecule has 0 spiro atoms. The van der Waals surface area contributed by atoms with Gasteiger partial charge in [-0.05, 0) is 36.6 Å². The Labute approximate surface area is 120 Å². The van der Waals surface area contributed by atoms with Gasteiger partial charge in [0.25, 0.3) is 0 Å². The van der Waals surface area contributed by atoms with Gasteiger partial charge in [0.15, 0.2) is 0 Å². The van der Waals surface area contributed by atoms with Gasteiger partial charge in [0.05, 0.1) is 5.56 Å². The van der Waals surface area contributed by atoms with Crippen molar-refractivity contribution in [3.05, 3.63) is 53.1 Å². The lowest BCUT2D eigenvalue weighted by atomic mass is 10.2. The maximum Gasteiger partial charge on any atom is 0.101 e. The number of hydrogen-bond donors (Lipinski definition) is 0. The largest absolute Gasteiger partial charge is 0.192 e. The van der Waals surface area contributed by atoms with Crippen LogP contribution in [-0.4, -0.2) is 6.26 Å². The van der Waals surface area contributed by atoms with E-state index in [0.29, 0.717) is 5.02 Å². The van der Waals surface area contributed by atoms with E-state index in [1.807, 2.05) is 48.7 Å². The van der Waals surface area contributed by atoms with Gasteiger partial charge in [0.1, 0.15) is 6.07 Å². The molecule has 0 saturated carbocycles. The van der Waals surface area contributed by atoms with Gasteiger partial charge in [-0.3, -0.25) is 0 Å². The van der Waals surface area contributed by atoms with E-state index in [4.69, 9.17) is 11.6 Å². The third-order valence-corrected chi connectivity index (χ3v) is 4.41. The second-order valence-corrected chi connectivity index (χ2v) is 5.90. The van der Waals surface area contributed by atoms with Gasteiger partial charge >= 0.3 is 0 Å². The Morgan fingerprint density at radius 1 is 1.11 bits per heavy atom. The van der Waals surface area contributed by atoms with Crippen LogP contribution in [-0.2, 0) is 0 Å². The average Bonchev–Trinajstić information content (AvgIpc) is 2.38. The number of nitrogens with zero attached hydrogens (tertiary/aromatic N) is 1. The molecule has 2 rings (SSSR count). The van der Waals surface area contributed by atoms with Crippen LogP contribution in [0.4, 0.5) is 0 Å². The molecule has 0 heterocycles. The molecule has 0 unspecified atom stereocenters. The molecule has 0 aliphatic rings. The second kappa shape index (κ2) is 6.19. The molecule has 0 aliphatic heterocycles. The SMILES string of the molecule is CSc1cccc(Sc2cccc(Cl)c2)c1C#N. The summed E-state index contributed by atoms with van der Waals surface area (Å²) in [6.45, 7) is 0. The summed E-state index contributed by atoms with van der Waals surface area (Å²) < 4.78 is 0. The first-order chi connectivity index (χ1) is 8.74. The highest BCUT2D eigenvalue weighted by molar-refractivity contribution is 8.00. The van der Waals surface area contributed by atoms with Gasteiger partial charge in [0.2, 0.25) is 0 Å². The lowest BCUT2D eigenvalue weighted by Crippen LogP contribution is -1.85. The molecule has 0 aliphatic carbocycles. The Morgan fingerprint density at radius 2 is 1.83 bits per heavy atom. The van der Waals surface area contributed by atoms with E-state index in [1.54, 1.807) is 23.5 Å². The van der Waals surface area contributed by atoms with Crippen molar-refractivity contribution in [1.29, 1.82) is 5.26 Å². The predicted molar refractivity (Wildman–Crippen MR) is 78.5 cm³/mol. The van der Waals surface area contributed by atoms with Crippen LogP contribution in [0.25, 0.3) is 0 Å². The molecule has 2 aromatic carbocycles. The normalized spacial score (nSPS) is 10.1. The summed E-state index contributed by atoms with van der Waals surface area (Å²) in [5, 5.41) is 9.97. The zero-order valence-corrected chi connectivity index (χ0v) is 12.1. The van der Waals surface area contributed by atoms with Gasteiger partial charge in [-0.25, -0.2) is 0 Å². The van der Waals surface area contributed by atoms with Crippen molar-refractivity contribution >= 4 is 35.1 Å². The number of hydrogen-bond acceptors (Lipinski definition) is 3. The van der Waals surface area contributed by atoms with Crippen LogP contribution in [0.15, 0.2) is 57.2 Å². The van der Waals surface area contributed by atoms with Gasteiger partial charge in [0, 0.05) is 19.7 Å². The lowest BCUT2D eigenvalue weighted by molar-refractivity contribution is 1.25. The molecule has 0 aromatic heterocycles. The Morgan fingerprint density at radius 3 is 2.50 bits per heavy atom. The number of thioether (sulfide) groups is 1. The Hall–Kier alpha value is -1.08. The minimum atomic E-state index is 0.708. The molecule has 0 radical (unpaired) electrons. The highest BCUT2D eigenvalue weighted by Gasteiger charge is 2.08. The molecule has 18 heavy (non-hydrogen) atoms. The second-order valence-electron chi connectivity index (χ2n) is 3.50. The summed E-state index contributed by atoms with van der Waals surface area (Å²) in [6.07, 6.45) is 1.98. The van der Waals surface area contributed by atoms with Gasteiger partial charge in [-0.1, -0.05) is 35.5 Å². The summed E-state index contributed by atoms with van der Waals surface area (Å²) in [5.41, 5.74) is 0.731. The van der Waals surface area contributed by atoms with Crippen LogP contribution < -0.4 is 0 Å². The smallest absolute Gasteiger partial charge is 0.101 e. The van der Waals surface area contributed by atoms with E-state index < -0.39 is 0 Å². The fourth-order valence-corrected chi connectivity index (χ4v) is 3.42. The third kappa shape index (κ3) is 3.02. The molecule has 0 N–H and O–H groups in total. The molecular formula is C14H10ClNS2. The summed E-state index contributed by atoms with van der Waals surface area (Å²) in [6, 6.07) is 15.8. The van der Waals surface area contributed by atoms with Crippen LogP contribution in [0.2, 0.25) is 5.02 Å². The summed E-state index contributed by atoms with van der Waals surface area (Å²) in [5.74, 6) is 0. The third-order valence-electron chi connectivity index (χ3n) is 2.34. The van der Waals surface area contributed by atoms with Gasteiger partial charge < -0.3 is 0 Å². The molecule has 0 saturated heterocycles. The lowest BCUT2D eigenvalue weighted by Gasteiger charge is -2.07. The van der Waals surface area contributed by atoms with Crippen molar-refractivity contribution in [2.24, 2.45) is 0 Å². The van der Waals surface area contributed by atoms with E-state index in [9.17, 15) is 5.26 Å². The van der Waals surface area contributed by atoms with Crippen LogP contribution in [0.3, 0.4) is 0 Å². The van der Waals surface area contributed by atoms with E-state index >= 15 is 0 Å². The van der Waals surface area contributed by atoms with Crippen LogP contribution in [0.1, 0.15) is 5.56 Å². The molecular weight excluding hydrogens is 282 g/mol. The van der Waals surface area contributed by atoms with Crippen molar-refractivity contribution in [2.45, 2.75) is 14.7 Å². The molecule has 0 amide bonds. The molecule has 90 valence electrons. The van der Waals surface area contributed by atoms with Crippen LogP contribution >= 0.6 is 35.1 Å². The van der Waals surface area contributed by atoms with Gasteiger partial charge in [-0.15, -0.1) is 11.8 Å². The maximum atomic E-state index is 9.26. The fraction of sp³-hybridized carbons (Fsp3) is 0.0714. The quantitative estimate of drug-likeness (QED) is 0.736. The topological polar surface area (TPSA) is 23.8 Å². The minimum Gasteiger partial charge on any atom is -0.192 e. The first kappa shape index (κ1) is 13.4. The number of rotatable bonds is 3. The Balaban J connectivity index is 2.38. The molecule has 2 aromatic rings. The van der Waals surface area contributed by atoms with Gasteiger partial charge in [-0.2, -0.15) is 5.26 Å². The Kier molecular flexibility index (Phi) is 4.60. The maximum absolute atomic E-state index is 9.26. The van der Waals surface area contributed by atoms with E-state index in [1.165, 1.54) is 0 Å². The number of benzene rings is 2. The van der Waals surface area contributed by atoms with Crippen molar-refractivity contribution in [3.63, 3.8) is 0 Å². The fourth-order valence-electron chi connectivity index (χ4n) is 1.53. The first-order valence-electron chi connectivity index (χ1n) is 5.25. The molecule has 4 heteroatoms. The van der Waals surface area contributed by atoms with Crippen molar-refractivity contribution < 1.29 is 0 Å². The highest BCUT2D eigenvalue weighted by atomic mass is 35.5. The van der Waals surface area contributed by atoms with Crippen molar-refractivity contribution in [2.75, 3.05) is 6.26 Å². The highest BCUT2D eigenvalue weighted by Crippen LogP contribution is 2.35. The molecule has 0 atom stereocenters. The first-order valence-corrected chi connectivity index (χ1v) is 7.67. The van der Waals surface area contributed by atoms with Crippen LogP contribution in [0, 0.1) is 11.3 Å². The van der Waals surface area contributed by atoms with E-state index in [2.05, 4.69) is 6.07 Å². The van der Waals surface area contributed by atoms with Crippen molar-refractivity contribution in [3.8, 4) is 6.07 Å². The molecule has 0 fully saturated rings. The molecule has 0 bridgehead atoms. The zero-order chi connectivity index (χ0) is 13.0. The van der Waals surface area contributed by atoms with E-state index in [-0.39, 0.29) is 0 Å². The minimum absolute atomic E-state index is 0.708. The number of halogens is 1. The summed E-state index contributed by atoms with van der Waals surface area (Å²) >= 11 is 9.11. The van der Waals surface area contributed by atoms with E-state index in [0.717, 1.165) is 20.2 Å². The summed E-state index contributed by atoms with van der Waals surface area (Å²) in [4.78, 5) is 3.01. The zero-order valence-electron chi connectivity index (χ0n) is 9.68. The predicted octanol–water partition coefficient (Wildman–Crippen LogP) is 5.08. The standard InChI is InChI=1S/C14H10ClNS2/c1-17-13-6-3-7-14(12(13)9-16)18-11-5-2-4-10(15)8-11/h2-8H,1H3. The van der Waals surface area contributed by atoms with Crippen LogP contribution in [0.5, 0.6) is 0 Å². The van der Waals surface area contributed by atoms with Crippen molar-refractivity contribution in [1.82, 2.24) is 0 Å². The average molecular weight is 292 g/mol. The summed E-state index contributed by atoms with van der Waals surface area (Å²) in [7, 11) is 0. The Bertz CT molecular complexity index is 605. The monoisotopic (exact) mass is 291 g/mol. The number of nitriles is 1. The molecule has 1 nitrogen and oxygen atoms in total.